The zero-order valence-corrected chi connectivity index (χ0v) is 20.0. The molecule has 1 aromatic carbocycles. The van der Waals surface area contributed by atoms with Crippen molar-refractivity contribution in [3.05, 3.63) is 58.7 Å². The Kier molecular flexibility index (Phi) is 7.07. The first kappa shape index (κ1) is 26.7. The first-order valence-electron chi connectivity index (χ1n) is 12.1. The third-order valence-corrected chi connectivity index (χ3v) is 7.51. The number of carbonyl (C=O) groups is 1. The molecular formula is C26H30F6N2O2. The topological polar surface area (TPSA) is 55.6 Å². The minimum Gasteiger partial charge on any atom is -0.373 e. The first-order valence-corrected chi connectivity index (χ1v) is 12.1. The largest absolute Gasteiger partial charge is 0.416 e. The Morgan fingerprint density at radius 2 is 1.64 bits per heavy atom. The van der Waals surface area contributed by atoms with Crippen LogP contribution in [0.15, 0.2) is 42.0 Å². The number of likely N-dealkylation sites (tertiary alicyclic amines) is 1. The quantitative estimate of drug-likeness (QED) is 0.460. The Balaban J connectivity index is 1.55. The Morgan fingerprint density at radius 3 is 2.14 bits per heavy atom. The van der Waals surface area contributed by atoms with Crippen LogP contribution in [-0.2, 0) is 21.9 Å². The first-order chi connectivity index (χ1) is 16.7. The highest BCUT2D eigenvalue weighted by Gasteiger charge is 2.59. The van der Waals surface area contributed by atoms with Crippen LogP contribution >= 0.6 is 0 Å². The van der Waals surface area contributed by atoms with Crippen LogP contribution in [0, 0.1) is 5.41 Å². The summed E-state index contributed by atoms with van der Waals surface area (Å²) in [7, 11) is 0. The predicted octanol–water partition coefficient (Wildman–Crippen LogP) is 6.18. The number of nitrogens with two attached hydrogens (primary N) is 1. The van der Waals surface area contributed by atoms with E-state index in [1.54, 1.807) is 4.90 Å². The maximum atomic E-state index is 13.3. The van der Waals surface area contributed by atoms with Gasteiger partial charge < -0.3 is 15.4 Å². The second kappa shape index (κ2) is 9.52. The van der Waals surface area contributed by atoms with Crippen LogP contribution in [0.3, 0.4) is 0 Å². The third kappa shape index (κ3) is 5.34. The standard InChI is InChI=1S/C26H30F6N2O2/c1-17(18-11-20(25(27,28)29)13-21(12-18)26(30,31)32)36-16-23(19-7-3-2-4-8-19)14-24(33,15-23)22(35)34-9-5-6-10-34/h2-3,7,11-13,17H,4-6,8-10,14-16,33H2,1H3/t17-,23?,24?/m1/s1. The van der Waals surface area contributed by atoms with Gasteiger partial charge in [-0.25, -0.2) is 0 Å². The zero-order valence-electron chi connectivity index (χ0n) is 20.0. The molecule has 3 aliphatic rings. The summed E-state index contributed by atoms with van der Waals surface area (Å²) >= 11 is 0. The van der Waals surface area contributed by atoms with Gasteiger partial charge in [0.05, 0.1) is 29.4 Å². The fourth-order valence-electron chi connectivity index (χ4n) is 5.60. The van der Waals surface area contributed by atoms with Crippen LogP contribution in [0.5, 0.6) is 0 Å². The monoisotopic (exact) mass is 516 g/mol. The number of halogens is 6. The van der Waals surface area contributed by atoms with E-state index in [0.717, 1.165) is 31.3 Å². The minimum atomic E-state index is -4.93. The van der Waals surface area contributed by atoms with Gasteiger partial charge >= 0.3 is 12.4 Å². The number of allylic oxidation sites excluding steroid dienone is 3. The summed E-state index contributed by atoms with van der Waals surface area (Å²) in [6, 6.07) is 1.50. The molecule has 1 atom stereocenters. The highest BCUT2D eigenvalue weighted by molar-refractivity contribution is 5.88. The molecule has 1 aliphatic heterocycles. The van der Waals surface area contributed by atoms with Gasteiger partial charge in [-0.1, -0.05) is 23.8 Å². The zero-order chi connectivity index (χ0) is 26.4. The molecule has 1 saturated heterocycles. The molecular weight excluding hydrogens is 486 g/mol. The van der Waals surface area contributed by atoms with Crippen LogP contribution in [0.4, 0.5) is 26.3 Å². The molecule has 0 radical (unpaired) electrons. The molecule has 1 amide bonds. The van der Waals surface area contributed by atoms with Crippen molar-refractivity contribution in [3.63, 3.8) is 0 Å². The number of carbonyl (C=O) groups excluding carboxylic acids is 1. The number of hydrogen-bond donors (Lipinski definition) is 1. The maximum absolute atomic E-state index is 13.3. The lowest BCUT2D eigenvalue weighted by atomic mass is 9.53. The molecule has 10 heteroatoms. The average molecular weight is 517 g/mol. The van der Waals surface area contributed by atoms with E-state index in [1.807, 2.05) is 18.2 Å². The lowest BCUT2D eigenvalue weighted by molar-refractivity contribution is -0.147. The molecule has 0 aromatic heterocycles. The lowest BCUT2D eigenvalue weighted by Gasteiger charge is -2.55. The maximum Gasteiger partial charge on any atom is 0.416 e. The van der Waals surface area contributed by atoms with Gasteiger partial charge in [-0.2, -0.15) is 26.3 Å². The SMILES string of the molecule is C[C@@H](OCC1(C2=CC=CCC2)CC(N)(C(=O)N2CCCC2)C1)c1cc(C(F)(F)F)cc(C(F)(F)F)c1. The van der Waals surface area contributed by atoms with Gasteiger partial charge in [0, 0.05) is 18.5 Å². The minimum absolute atomic E-state index is 0.0394. The van der Waals surface area contributed by atoms with Crippen molar-refractivity contribution in [2.24, 2.45) is 11.1 Å². The number of benzene rings is 1. The molecule has 0 spiro atoms. The number of nitrogens with zero attached hydrogens (tertiary/aromatic N) is 1. The normalized spacial score (nSPS) is 27.6. The number of alkyl halides is 6. The van der Waals surface area contributed by atoms with Gasteiger partial charge in [0.1, 0.15) is 0 Å². The van der Waals surface area contributed by atoms with Crippen molar-refractivity contribution in [2.45, 2.75) is 69.4 Å². The molecule has 1 saturated carbocycles. The van der Waals surface area contributed by atoms with Crippen molar-refractivity contribution in [1.29, 1.82) is 0 Å². The summed E-state index contributed by atoms with van der Waals surface area (Å²) < 4.78 is 85.7. The molecule has 36 heavy (non-hydrogen) atoms. The summed E-state index contributed by atoms with van der Waals surface area (Å²) in [5.41, 5.74) is 2.93. The van der Waals surface area contributed by atoms with E-state index in [2.05, 4.69) is 0 Å². The van der Waals surface area contributed by atoms with Crippen LogP contribution in [0.1, 0.15) is 68.2 Å². The molecule has 4 nitrogen and oxygen atoms in total. The molecule has 0 unspecified atom stereocenters. The summed E-state index contributed by atoms with van der Waals surface area (Å²) in [6.07, 6.45) is -1.02. The van der Waals surface area contributed by atoms with Crippen LogP contribution in [0.2, 0.25) is 0 Å². The molecule has 198 valence electrons. The van der Waals surface area contributed by atoms with E-state index in [-0.39, 0.29) is 24.1 Å². The van der Waals surface area contributed by atoms with Gasteiger partial charge in [-0.3, -0.25) is 4.79 Å². The number of ether oxygens (including phenoxy) is 1. The second-order valence-corrected chi connectivity index (χ2v) is 10.2. The van der Waals surface area contributed by atoms with Gasteiger partial charge in [0.25, 0.3) is 0 Å². The van der Waals surface area contributed by atoms with Crippen LogP contribution in [0.25, 0.3) is 0 Å². The molecule has 2 N–H and O–H groups in total. The summed E-state index contributed by atoms with van der Waals surface area (Å²) in [5.74, 6) is -0.108. The number of rotatable bonds is 6. The molecule has 4 rings (SSSR count). The van der Waals surface area contributed by atoms with Gasteiger partial charge in [0.15, 0.2) is 0 Å². The van der Waals surface area contributed by atoms with E-state index in [0.29, 0.717) is 38.1 Å². The summed E-state index contributed by atoms with van der Waals surface area (Å²) in [4.78, 5) is 14.8. The van der Waals surface area contributed by atoms with Crippen molar-refractivity contribution in [3.8, 4) is 0 Å². The average Bonchev–Trinajstić information content (AvgIpc) is 3.34. The molecule has 1 heterocycles. The Bertz CT molecular complexity index is 1020. The molecule has 1 aromatic rings. The Morgan fingerprint density at radius 1 is 1.06 bits per heavy atom. The van der Waals surface area contributed by atoms with Gasteiger partial charge in [-0.05, 0) is 69.2 Å². The van der Waals surface area contributed by atoms with E-state index < -0.39 is 40.5 Å². The fraction of sp³-hybridized carbons (Fsp3) is 0.577. The van der Waals surface area contributed by atoms with Crippen molar-refractivity contribution in [2.75, 3.05) is 19.7 Å². The van der Waals surface area contributed by atoms with Crippen molar-refractivity contribution in [1.82, 2.24) is 4.90 Å². The van der Waals surface area contributed by atoms with E-state index in [4.69, 9.17) is 10.5 Å². The summed E-state index contributed by atoms with van der Waals surface area (Å²) in [5, 5.41) is 0. The number of hydrogen-bond acceptors (Lipinski definition) is 3. The summed E-state index contributed by atoms with van der Waals surface area (Å²) in [6.45, 7) is 2.81. The number of amides is 1. The molecule has 2 fully saturated rings. The highest BCUT2D eigenvalue weighted by atomic mass is 19.4. The smallest absolute Gasteiger partial charge is 0.373 e. The highest BCUT2D eigenvalue weighted by Crippen LogP contribution is 2.55. The van der Waals surface area contributed by atoms with E-state index >= 15 is 0 Å². The lowest BCUT2D eigenvalue weighted by Crippen LogP contribution is -2.67. The van der Waals surface area contributed by atoms with Crippen molar-refractivity contribution >= 4 is 5.91 Å². The van der Waals surface area contributed by atoms with Gasteiger partial charge in [-0.15, -0.1) is 0 Å². The Labute approximate surface area is 206 Å². The van der Waals surface area contributed by atoms with Crippen LogP contribution in [-0.4, -0.2) is 36.0 Å². The Hall–Kier alpha value is -2.33. The van der Waals surface area contributed by atoms with E-state index in [9.17, 15) is 31.1 Å². The van der Waals surface area contributed by atoms with E-state index in [1.165, 1.54) is 6.92 Å². The van der Waals surface area contributed by atoms with Gasteiger partial charge in [0.2, 0.25) is 5.91 Å². The van der Waals surface area contributed by atoms with Crippen molar-refractivity contribution < 1.29 is 35.9 Å². The molecule has 2 aliphatic carbocycles. The molecule has 0 bridgehead atoms. The predicted molar refractivity (Wildman–Crippen MR) is 122 cm³/mol. The fourth-order valence-corrected chi connectivity index (χ4v) is 5.60. The third-order valence-electron chi connectivity index (χ3n) is 7.51. The van der Waals surface area contributed by atoms with Crippen LogP contribution < -0.4 is 5.73 Å². The second-order valence-electron chi connectivity index (χ2n) is 10.2.